The minimum absolute atomic E-state index is 0.0158. The molecular weight excluding hydrogens is 417 g/mol. The highest BCUT2D eigenvalue weighted by Crippen LogP contribution is 2.27. The first kappa shape index (κ1) is 21.6. The summed E-state index contributed by atoms with van der Waals surface area (Å²) in [6.07, 6.45) is 1.90. The molecule has 0 N–H and O–H groups in total. The van der Waals surface area contributed by atoms with E-state index in [0.29, 0.717) is 48.0 Å². The van der Waals surface area contributed by atoms with Crippen molar-refractivity contribution in [3.63, 3.8) is 0 Å². The van der Waals surface area contributed by atoms with Crippen LogP contribution in [-0.2, 0) is 9.59 Å². The highest BCUT2D eigenvalue weighted by molar-refractivity contribution is 6.42. The molecular formula is C20H23Cl2N3O4. The minimum Gasteiger partial charge on any atom is -0.343 e. The van der Waals surface area contributed by atoms with Gasteiger partial charge in [-0.1, -0.05) is 23.2 Å². The summed E-state index contributed by atoms with van der Waals surface area (Å²) in [5, 5.41) is 0.763. The average Bonchev–Trinajstić information content (AvgIpc) is 2.95. The Morgan fingerprint density at radius 1 is 1.10 bits per heavy atom. The number of rotatable bonds is 6. The van der Waals surface area contributed by atoms with Gasteiger partial charge >= 0.3 is 6.03 Å². The van der Waals surface area contributed by atoms with E-state index in [2.05, 4.69) is 0 Å². The lowest BCUT2D eigenvalue weighted by Crippen LogP contribution is -2.40. The van der Waals surface area contributed by atoms with Gasteiger partial charge in [0.25, 0.3) is 0 Å². The number of ketones is 1. The molecule has 0 bridgehead atoms. The maximum absolute atomic E-state index is 12.7. The fourth-order valence-corrected chi connectivity index (χ4v) is 4.01. The van der Waals surface area contributed by atoms with E-state index >= 15 is 0 Å². The van der Waals surface area contributed by atoms with Crippen molar-refractivity contribution in [2.45, 2.75) is 25.7 Å². The van der Waals surface area contributed by atoms with Gasteiger partial charge in [-0.2, -0.15) is 0 Å². The molecule has 1 aromatic carbocycles. The summed E-state index contributed by atoms with van der Waals surface area (Å²) in [5.41, 5.74) is 0.536. The quantitative estimate of drug-likeness (QED) is 0.503. The SMILES string of the molecule is CN1CC(=O)N(CCCC(=O)N2CCC(C(=O)c3ccc(Cl)c(Cl)c3)CC2)C1=O. The van der Waals surface area contributed by atoms with Crippen molar-refractivity contribution in [3.05, 3.63) is 33.8 Å². The fraction of sp³-hybridized carbons (Fsp3) is 0.500. The molecule has 4 amide bonds. The summed E-state index contributed by atoms with van der Waals surface area (Å²) in [5.74, 6) is -0.373. The second kappa shape index (κ2) is 9.13. The van der Waals surface area contributed by atoms with Crippen LogP contribution < -0.4 is 0 Å². The number of Topliss-reactive ketones (excluding diaryl/α,β-unsaturated/α-hetero) is 1. The van der Waals surface area contributed by atoms with Gasteiger partial charge in [0.15, 0.2) is 5.78 Å². The monoisotopic (exact) mass is 439 g/mol. The number of imide groups is 1. The number of hydrogen-bond acceptors (Lipinski definition) is 4. The zero-order valence-electron chi connectivity index (χ0n) is 16.2. The molecule has 0 saturated carbocycles. The van der Waals surface area contributed by atoms with Crippen LogP contribution in [0.15, 0.2) is 18.2 Å². The van der Waals surface area contributed by atoms with Crippen LogP contribution in [0.4, 0.5) is 4.79 Å². The first-order valence-corrected chi connectivity index (χ1v) is 10.4. The van der Waals surface area contributed by atoms with Crippen molar-refractivity contribution in [2.75, 3.05) is 33.2 Å². The molecule has 0 unspecified atom stereocenters. The third kappa shape index (κ3) is 4.90. The Hall–Kier alpha value is -2.12. The molecule has 0 aromatic heterocycles. The van der Waals surface area contributed by atoms with Crippen LogP contribution in [0.3, 0.4) is 0 Å². The van der Waals surface area contributed by atoms with E-state index in [-0.39, 0.29) is 49.1 Å². The van der Waals surface area contributed by atoms with Crippen molar-refractivity contribution in [1.29, 1.82) is 0 Å². The van der Waals surface area contributed by atoms with Crippen molar-refractivity contribution < 1.29 is 19.2 Å². The molecule has 7 nitrogen and oxygen atoms in total. The Balaban J connectivity index is 1.44. The molecule has 1 aromatic rings. The number of nitrogens with zero attached hydrogens (tertiary/aromatic N) is 3. The third-order valence-corrected chi connectivity index (χ3v) is 6.16. The molecule has 2 aliphatic heterocycles. The summed E-state index contributed by atoms with van der Waals surface area (Å²) >= 11 is 11.9. The van der Waals surface area contributed by atoms with E-state index in [1.54, 1.807) is 30.1 Å². The van der Waals surface area contributed by atoms with Gasteiger partial charge in [0.1, 0.15) is 6.54 Å². The number of hydrogen-bond donors (Lipinski definition) is 0. The third-order valence-electron chi connectivity index (χ3n) is 5.43. The Kier molecular flexibility index (Phi) is 6.80. The van der Waals surface area contributed by atoms with Crippen LogP contribution in [0.2, 0.25) is 10.0 Å². The van der Waals surface area contributed by atoms with E-state index in [4.69, 9.17) is 23.2 Å². The maximum atomic E-state index is 12.7. The summed E-state index contributed by atoms with van der Waals surface area (Å²) in [7, 11) is 1.58. The van der Waals surface area contributed by atoms with E-state index in [9.17, 15) is 19.2 Å². The van der Waals surface area contributed by atoms with Gasteiger partial charge in [-0.15, -0.1) is 0 Å². The highest BCUT2D eigenvalue weighted by Gasteiger charge is 2.33. The Labute approximate surface area is 179 Å². The molecule has 3 rings (SSSR count). The minimum atomic E-state index is -0.316. The number of amides is 4. The lowest BCUT2D eigenvalue weighted by Gasteiger charge is -2.31. The standard InChI is InChI=1S/C20H23Cl2N3O4/c1-23-12-18(27)25(20(23)29)8-2-3-17(26)24-9-6-13(7-10-24)19(28)14-4-5-15(21)16(22)11-14/h4-5,11,13H,2-3,6-10,12H2,1H3. The van der Waals surface area contributed by atoms with E-state index in [1.165, 1.54) is 9.80 Å². The predicted molar refractivity (Wildman–Crippen MR) is 109 cm³/mol. The zero-order chi connectivity index (χ0) is 21.1. The molecule has 2 heterocycles. The van der Waals surface area contributed by atoms with Crippen LogP contribution in [0.1, 0.15) is 36.0 Å². The number of likely N-dealkylation sites (N-methyl/N-ethyl adjacent to an activating group) is 1. The van der Waals surface area contributed by atoms with Crippen LogP contribution in [0.25, 0.3) is 0 Å². The maximum Gasteiger partial charge on any atom is 0.326 e. The van der Waals surface area contributed by atoms with Gasteiger partial charge in [-0.3, -0.25) is 19.3 Å². The average molecular weight is 440 g/mol. The van der Waals surface area contributed by atoms with Gasteiger partial charge in [-0.05, 0) is 37.5 Å². The topological polar surface area (TPSA) is 78.0 Å². The number of benzene rings is 1. The van der Waals surface area contributed by atoms with Crippen LogP contribution in [0, 0.1) is 5.92 Å². The molecule has 0 aliphatic carbocycles. The molecule has 2 fully saturated rings. The molecule has 0 radical (unpaired) electrons. The number of urea groups is 1. The highest BCUT2D eigenvalue weighted by atomic mass is 35.5. The molecule has 2 saturated heterocycles. The number of carbonyl (C=O) groups excluding carboxylic acids is 4. The molecule has 156 valence electrons. The van der Waals surface area contributed by atoms with E-state index in [0.717, 1.165) is 0 Å². The number of likely N-dealkylation sites (tertiary alicyclic amines) is 1. The molecule has 29 heavy (non-hydrogen) atoms. The van der Waals surface area contributed by atoms with Gasteiger partial charge in [0, 0.05) is 44.6 Å². The lowest BCUT2D eigenvalue weighted by atomic mass is 9.89. The molecule has 0 spiro atoms. The molecule has 9 heteroatoms. The first-order valence-electron chi connectivity index (χ1n) is 9.60. The summed E-state index contributed by atoms with van der Waals surface area (Å²) in [6, 6.07) is 4.56. The van der Waals surface area contributed by atoms with Gasteiger partial charge < -0.3 is 9.80 Å². The fourth-order valence-electron chi connectivity index (χ4n) is 3.71. The van der Waals surface area contributed by atoms with Crippen LogP contribution in [0.5, 0.6) is 0 Å². The van der Waals surface area contributed by atoms with Gasteiger partial charge in [-0.25, -0.2) is 4.79 Å². The van der Waals surface area contributed by atoms with Gasteiger partial charge in [0.2, 0.25) is 11.8 Å². The smallest absolute Gasteiger partial charge is 0.326 e. The van der Waals surface area contributed by atoms with Gasteiger partial charge in [0.05, 0.1) is 10.0 Å². The second-order valence-electron chi connectivity index (χ2n) is 7.44. The molecule has 2 aliphatic rings. The van der Waals surface area contributed by atoms with Crippen molar-refractivity contribution >= 4 is 46.8 Å². The Bertz CT molecular complexity index is 837. The van der Waals surface area contributed by atoms with E-state index < -0.39 is 0 Å². The number of carbonyl (C=O) groups is 4. The summed E-state index contributed by atoms with van der Waals surface area (Å²) in [6.45, 7) is 1.37. The predicted octanol–water partition coefficient (Wildman–Crippen LogP) is 3.09. The van der Waals surface area contributed by atoms with Crippen molar-refractivity contribution in [2.24, 2.45) is 5.92 Å². The number of halogens is 2. The van der Waals surface area contributed by atoms with E-state index in [1.807, 2.05) is 0 Å². The second-order valence-corrected chi connectivity index (χ2v) is 8.25. The van der Waals surface area contributed by atoms with Crippen molar-refractivity contribution in [1.82, 2.24) is 14.7 Å². The largest absolute Gasteiger partial charge is 0.343 e. The normalized spacial score (nSPS) is 18.0. The molecule has 0 atom stereocenters. The first-order chi connectivity index (χ1) is 13.8. The van der Waals surface area contributed by atoms with Crippen molar-refractivity contribution in [3.8, 4) is 0 Å². The van der Waals surface area contributed by atoms with Crippen LogP contribution >= 0.6 is 23.2 Å². The zero-order valence-corrected chi connectivity index (χ0v) is 17.7. The Morgan fingerprint density at radius 2 is 1.79 bits per heavy atom. The van der Waals surface area contributed by atoms with Crippen LogP contribution in [-0.4, -0.2) is 71.6 Å². The lowest BCUT2D eigenvalue weighted by molar-refractivity contribution is -0.133. The Morgan fingerprint density at radius 3 is 2.38 bits per heavy atom. The summed E-state index contributed by atoms with van der Waals surface area (Å²) in [4.78, 5) is 53.0. The summed E-state index contributed by atoms with van der Waals surface area (Å²) < 4.78 is 0. The number of piperidine rings is 1.